The minimum absolute atomic E-state index is 0.00752. The Kier molecular flexibility index (Phi) is 3.34. The van der Waals surface area contributed by atoms with Crippen LogP contribution in [0.5, 0.6) is 0 Å². The number of pyridine rings is 1. The first-order valence-electron chi connectivity index (χ1n) is 4.42. The van der Waals surface area contributed by atoms with Gasteiger partial charge in [-0.2, -0.15) is 0 Å². The maximum absolute atomic E-state index is 11.5. The van der Waals surface area contributed by atoms with Crippen molar-refractivity contribution in [3.8, 4) is 0 Å². The van der Waals surface area contributed by atoms with Crippen molar-refractivity contribution in [1.29, 1.82) is 0 Å². The summed E-state index contributed by atoms with van der Waals surface area (Å²) in [5, 5.41) is 0. The number of rotatable bonds is 1. The summed E-state index contributed by atoms with van der Waals surface area (Å²) < 4.78 is 5.60. The smallest absolute Gasteiger partial charge is 0.344 e. The molecule has 0 aliphatic rings. The van der Waals surface area contributed by atoms with Crippen molar-refractivity contribution < 1.29 is 9.53 Å². The van der Waals surface area contributed by atoms with E-state index in [0.29, 0.717) is 4.60 Å². The molecule has 1 rings (SSSR count). The summed E-state index contributed by atoms with van der Waals surface area (Å²) in [6, 6.07) is 3.01. The fraction of sp³-hybridized carbons (Fsp3) is 0.400. The Morgan fingerprint density at radius 1 is 1.40 bits per heavy atom. The Morgan fingerprint density at radius 2 is 2.00 bits per heavy atom. The molecule has 0 fully saturated rings. The Bertz CT molecular complexity index is 431. The van der Waals surface area contributed by atoms with Gasteiger partial charge in [-0.3, -0.25) is 4.79 Å². The van der Waals surface area contributed by atoms with E-state index < -0.39 is 17.1 Å². The van der Waals surface area contributed by atoms with Gasteiger partial charge in [0.05, 0.1) is 4.60 Å². The quantitative estimate of drug-likeness (QED) is 0.630. The van der Waals surface area contributed by atoms with E-state index in [1.165, 1.54) is 6.07 Å². The van der Waals surface area contributed by atoms with Gasteiger partial charge in [0.1, 0.15) is 11.2 Å². The number of carbonyl (C=O) groups excluding carboxylic acids is 1. The van der Waals surface area contributed by atoms with E-state index in [1.807, 2.05) is 0 Å². The molecule has 1 heterocycles. The summed E-state index contributed by atoms with van der Waals surface area (Å²) in [6.07, 6.45) is 0. The molecular formula is C10H12BrNO3. The van der Waals surface area contributed by atoms with Gasteiger partial charge in [0.2, 0.25) is 0 Å². The molecule has 0 atom stereocenters. The zero-order chi connectivity index (χ0) is 11.6. The summed E-state index contributed by atoms with van der Waals surface area (Å²) in [5.74, 6) is -0.615. The maximum Gasteiger partial charge on any atom is 0.344 e. The molecule has 15 heavy (non-hydrogen) atoms. The lowest BCUT2D eigenvalue weighted by molar-refractivity contribution is 0.00675. The second kappa shape index (κ2) is 4.18. The average molecular weight is 274 g/mol. The van der Waals surface area contributed by atoms with Gasteiger partial charge in [-0.1, -0.05) is 0 Å². The zero-order valence-corrected chi connectivity index (χ0v) is 10.3. The normalized spacial score (nSPS) is 11.2. The second-order valence-electron chi connectivity index (χ2n) is 4.05. The average Bonchev–Trinajstić information content (AvgIpc) is 1.99. The van der Waals surface area contributed by atoms with Crippen LogP contribution in [-0.4, -0.2) is 16.6 Å². The molecule has 0 saturated heterocycles. The summed E-state index contributed by atoms with van der Waals surface area (Å²) >= 11 is 3.10. The number of H-pyrrole nitrogens is 1. The number of nitrogens with one attached hydrogen (secondary N) is 1. The molecular weight excluding hydrogens is 262 g/mol. The topological polar surface area (TPSA) is 59.2 Å². The van der Waals surface area contributed by atoms with E-state index in [1.54, 1.807) is 26.8 Å². The van der Waals surface area contributed by atoms with Crippen LogP contribution in [0.4, 0.5) is 0 Å². The standard InChI is InChI=1S/C10H12BrNO3/c1-10(2,3)15-9(14)6-4-5-7(11)12-8(6)13/h4-5H,1-3H3,(H,12,13). The van der Waals surface area contributed by atoms with Crippen molar-refractivity contribution >= 4 is 21.9 Å². The number of esters is 1. The van der Waals surface area contributed by atoms with Crippen molar-refractivity contribution in [3.63, 3.8) is 0 Å². The lowest BCUT2D eigenvalue weighted by Gasteiger charge is -2.19. The summed E-state index contributed by atoms with van der Waals surface area (Å²) in [6.45, 7) is 5.24. The maximum atomic E-state index is 11.5. The molecule has 0 aromatic carbocycles. The van der Waals surface area contributed by atoms with E-state index in [-0.39, 0.29) is 5.56 Å². The lowest BCUT2D eigenvalue weighted by Crippen LogP contribution is -2.28. The van der Waals surface area contributed by atoms with E-state index in [0.717, 1.165) is 0 Å². The highest BCUT2D eigenvalue weighted by Gasteiger charge is 2.19. The van der Waals surface area contributed by atoms with Gasteiger partial charge in [-0.15, -0.1) is 0 Å². The summed E-state index contributed by atoms with van der Waals surface area (Å²) in [4.78, 5) is 25.4. The third-order valence-corrected chi connectivity index (χ3v) is 1.96. The van der Waals surface area contributed by atoms with E-state index in [4.69, 9.17) is 4.74 Å². The van der Waals surface area contributed by atoms with Gasteiger partial charge >= 0.3 is 5.97 Å². The Labute approximate surface area is 95.8 Å². The van der Waals surface area contributed by atoms with Gasteiger partial charge in [0.25, 0.3) is 5.56 Å². The predicted molar refractivity (Wildman–Crippen MR) is 59.9 cm³/mol. The first-order chi connectivity index (χ1) is 6.79. The number of ether oxygens (including phenoxy) is 1. The second-order valence-corrected chi connectivity index (χ2v) is 4.91. The van der Waals surface area contributed by atoms with Crippen LogP contribution in [0.1, 0.15) is 31.1 Å². The Hall–Kier alpha value is -1.10. The van der Waals surface area contributed by atoms with Gasteiger partial charge in [-0.05, 0) is 48.8 Å². The fourth-order valence-corrected chi connectivity index (χ4v) is 1.26. The molecule has 0 spiro atoms. The number of carbonyl (C=O) groups is 1. The van der Waals surface area contributed by atoms with E-state index in [2.05, 4.69) is 20.9 Å². The molecule has 1 aromatic heterocycles. The van der Waals surface area contributed by atoms with Crippen LogP contribution in [0.2, 0.25) is 0 Å². The third kappa shape index (κ3) is 3.51. The SMILES string of the molecule is CC(C)(C)OC(=O)c1ccc(Br)[nH]c1=O. The monoisotopic (exact) mass is 273 g/mol. The molecule has 0 aliphatic carbocycles. The van der Waals surface area contributed by atoms with Crippen LogP contribution in [-0.2, 0) is 4.74 Å². The molecule has 82 valence electrons. The predicted octanol–water partition coefficient (Wildman–Crippen LogP) is 2.09. The van der Waals surface area contributed by atoms with Crippen molar-refractivity contribution in [2.75, 3.05) is 0 Å². The molecule has 0 aliphatic heterocycles. The first kappa shape index (κ1) is 12.0. The zero-order valence-electron chi connectivity index (χ0n) is 8.76. The van der Waals surface area contributed by atoms with Gasteiger partial charge < -0.3 is 9.72 Å². The molecule has 0 saturated carbocycles. The highest BCUT2D eigenvalue weighted by atomic mass is 79.9. The molecule has 1 aromatic rings. The highest BCUT2D eigenvalue weighted by Crippen LogP contribution is 2.10. The van der Waals surface area contributed by atoms with Crippen LogP contribution in [0.3, 0.4) is 0 Å². The van der Waals surface area contributed by atoms with Crippen molar-refractivity contribution in [3.05, 3.63) is 32.7 Å². The number of aromatic nitrogens is 1. The number of hydrogen-bond donors (Lipinski definition) is 1. The molecule has 0 unspecified atom stereocenters. The first-order valence-corrected chi connectivity index (χ1v) is 5.21. The minimum Gasteiger partial charge on any atom is -0.456 e. The number of aromatic amines is 1. The molecule has 0 amide bonds. The minimum atomic E-state index is -0.615. The third-order valence-electron chi connectivity index (χ3n) is 1.49. The fourth-order valence-electron chi connectivity index (χ4n) is 0.943. The molecule has 4 nitrogen and oxygen atoms in total. The van der Waals surface area contributed by atoms with Crippen LogP contribution in [0.25, 0.3) is 0 Å². The Morgan fingerprint density at radius 3 is 2.47 bits per heavy atom. The molecule has 1 N–H and O–H groups in total. The van der Waals surface area contributed by atoms with Gasteiger partial charge in [-0.25, -0.2) is 4.79 Å². The van der Waals surface area contributed by atoms with Crippen molar-refractivity contribution in [1.82, 2.24) is 4.98 Å². The Balaban J connectivity index is 2.98. The van der Waals surface area contributed by atoms with Crippen molar-refractivity contribution in [2.45, 2.75) is 26.4 Å². The van der Waals surface area contributed by atoms with Crippen LogP contribution >= 0.6 is 15.9 Å². The molecule has 5 heteroatoms. The largest absolute Gasteiger partial charge is 0.456 e. The van der Waals surface area contributed by atoms with Gasteiger partial charge in [0.15, 0.2) is 0 Å². The molecule has 0 radical (unpaired) electrons. The highest BCUT2D eigenvalue weighted by molar-refractivity contribution is 9.10. The van der Waals surface area contributed by atoms with E-state index in [9.17, 15) is 9.59 Å². The van der Waals surface area contributed by atoms with E-state index >= 15 is 0 Å². The molecule has 0 bridgehead atoms. The van der Waals surface area contributed by atoms with Crippen molar-refractivity contribution in [2.24, 2.45) is 0 Å². The van der Waals surface area contributed by atoms with Gasteiger partial charge in [0, 0.05) is 0 Å². The van der Waals surface area contributed by atoms with Crippen LogP contribution < -0.4 is 5.56 Å². The number of hydrogen-bond acceptors (Lipinski definition) is 3. The summed E-state index contributed by atoms with van der Waals surface area (Å²) in [7, 11) is 0. The summed E-state index contributed by atoms with van der Waals surface area (Å²) in [5.41, 5.74) is -1.05. The van der Waals surface area contributed by atoms with Crippen LogP contribution in [0, 0.1) is 0 Å². The lowest BCUT2D eigenvalue weighted by atomic mass is 10.2. The van der Waals surface area contributed by atoms with Crippen LogP contribution in [0.15, 0.2) is 21.5 Å². The number of halogens is 1.